The van der Waals surface area contributed by atoms with Crippen molar-refractivity contribution in [1.82, 2.24) is 0 Å². The minimum Gasteiger partial charge on any atom is -0.394 e. The largest absolute Gasteiger partial charge is 0.394 e. The third kappa shape index (κ3) is 5.07. The highest BCUT2D eigenvalue weighted by atomic mass is 16.7. The van der Waals surface area contributed by atoms with Crippen LogP contribution in [0.2, 0.25) is 0 Å². The van der Waals surface area contributed by atoms with Gasteiger partial charge in [0.05, 0.1) is 19.8 Å². The Labute approximate surface area is 181 Å². The van der Waals surface area contributed by atoms with Crippen LogP contribution in [-0.2, 0) is 23.7 Å². The van der Waals surface area contributed by atoms with Crippen LogP contribution in [0.5, 0.6) is 0 Å². The van der Waals surface area contributed by atoms with Gasteiger partial charge in [-0.3, -0.25) is 0 Å². The smallest absolute Gasteiger partial charge is 0.187 e. The predicted octanol–water partition coefficient (Wildman–Crippen LogP) is -6.93. The summed E-state index contributed by atoms with van der Waals surface area (Å²) in [5.74, 6) is 0. The molecular formula is C17H30O15. The van der Waals surface area contributed by atoms with Crippen LogP contribution in [0, 0.1) is 0 Å². The Kier molecular flexibility index (Phi) is 8.75. The summed E-state index contributed by atoms with van der Waals surface area (Å²) in [6.45, 7) is -1.90. The van der Waals surface area contributed by atoms with Gasteiger partial charge in [-0.15, -0.1) is 0 Å². The standard InChI is InChI=1S/C17H30O15/c18-1-5-7(21)8(22)10(24)16(29-5)32-14-6(2-19)30-17(11(25)9(14)23)31-13-4(20)3-28-15(27)12(13)26/h4-27H,1-3H2/t4-,5-,6-,7+,8+,9-,10-,11-,12+,13-,14+,15?,16-,17+/m1/s1. The summed E-state index contributed by atoms with van der Waals surface area (Å²) < 4.78 is 26.1. The molecule has 32 heavy (non-hydrogen) atoms. The van der Waals surface area contributed by atoms with Crippen LogP contribution in [0.1, 0.15) is 0 Å². The molecule has 3 fully saturated rings. The molecule has 3 saturated heterocycles. The van der Waals surface area contributed by atoms with Gasteiger partial charge in [-0.05, 0) is 0 Å². The molecule has 15 heteroatoms. The monoisotopic (exact) mass is 474 g/mol. The molecule has 0 amide bonds. The zero-order valence-corrected chi connectivity index (χ0v) is 16.7. The van der Waals surface area contributed by atoms with Gasteiger partial charge < -0.3 is 74.7 Å². The van der Waals surface area contributed by atoms with Crippen LogP contribution in [0.4, 0.5) is 0 Å². The van der Waals surface area contributed by atoms with E-state index in [2.05, 4.69) is 0 Å². The second-order valence-corrected chi connectivity index (χ2v) is 7.89. The molecule has 0 aliphatic carbocycles. The summed E-state index contributed by atoms with van der Waals surface area (Å²) in [4.78, 5) is 0. The number of hydrogen-bond acceptors (Lipinski definition) is 15. The van der Waals surface area contributed by atoms with Gasteiger partial charge in [-0.2, -0.15) is 0 Å². The molecule has 0 spiro atoms. The molecule has 3 heterocycles. The maximum Gasteiger partial charge on any atom is 0.187 e. The van der Waals surface area contributed by atoms with E-state index in [-0.39, 0.29) is 6.61 Å². The SMILES string of the molecule is OC[C@H]1O[C@H](O[C@@H]2[C@H](O)[C@@H](O)[C@H](O[C@@H]3[C@H](O)COC(O)[C@H]3O)O[C@@H]2CO)[C@H](O)[C@@H](O)[C@H]1O. The van der Waals surface area contributed by atoms with Crippen LogP contribution >= 0.6 is 0 Å². The zero-order valence-electron chi connectivity index (χ0n) is 16.7. The number of hydrogen-bond donors (Lipinski definition) is 10. The number of ether oxygens (including phenoxy) is 5. The topological polar surface area (TPSA) is 248 Å². The number of aliphatic hydroxyl groups excluding tert-OH is 10. The van der Waals surface area contributed by atoms with E-state index < -0.39 is 99.2 Å². The summed E-state index contributed by atoms with van der Waals surface area (Å²) in [7, 11) is 0. The molecule has 188 valence electrons. The lowest BCUT2D eigenvalue weighted by Gasteiger charge is -2.47. The molecule has 10 N–H and O–H groups in total. The Morgan fingerprint density at radius 1 is 0.594 bits per heavy atom. The van der Waals surface area contributed by atoms with Gasteiger partial charge >= 0.3 is 0 Å². The van der Waals surface area contributed by atoms with Gasteiger partial charge in [-0.25, -0.2) is 0 Å². The van der Waals surface area contributed by atoms with Gasteiger partial charge in [-0.1, -0.05) is 0 Å². The third-order valence-electron chi connectivity index (χ3n) is 5.70. The first-order chi connectivity index (χ1) is 15.1. The summed E-state index contributed by atoms with van der Waals surface area (Å²) in [5.41, 5.74) is 0. The van der Waals surface area contributed by atoms with Crippen LogP contribution in [-0.4, -0.2) is 157 Å². The van der Waals surface area contributed by atoms with Crippen molar-refractivity contribution in [3.8, 4) is 0 Å². The lowest BCUT2D eigenvalue weighted by molar-refractivity contribution is -0.373. The van der Waals surface area contributed by atoms with Gasteiger partial charge in [0.15, 0.2) is 18.9 Å². The van der Waals surface area contributed by atoms with Crippen LogP contribution < -0.4 is 0 Å². The first-order valence-electron chi connectivity index (χ1n) is 10.00. The Morgan fingerprint density at radius 3 is 1.72 bits per heavy atom. The molecule has 0 aromatic carbocycles. The maximum atomic E-state index is 10.5. The van der Waals surface area contributed by atoms with Crippen molar-refractivity contribution in [3.63, 3.8) is 0 Å². The zero-order chi connectivity index (χ0) is 23.7. The summed E-state index contributed by atoms with van der Waals surface area (Å²) in [5, 5.41) is 99.2. The molecule has 0 radical (unpaired) electrons. The van der Waals surface area contributed by atoms with Crippen molar-refractivity contribution in [2.75, 3.05) is 19.8 Å². The van der Waals surface area contributed by atoms with E-state index in [4.69, 9.17) is 23.7 Å². The van der Waals surface area contributed by atoms with Crippen LogP contribution in [0.15, 0.2) is 0 Å². The average Bonchev–Trinajstić information content (AvgIpc) is 2.78. The first-order valence-corrected chi connectivity index (χ1v) is 10.00. The molecule has 0 bridgehead atoms. The molecule has 3 rings (SSSR count). The van der Waals surface area contributed by atoms with Crippen molar-refractivity contribution < 1.29 is 74.7 Å². The Bertz CT molecular complexity index is 592. The first kappa shape index (κ1) is 26.0. The van der Waals surface area contributed by atoms with E-state index in [0.717, 1.165) is 0 Å². The van der Waals surface area contributed by atoms with Gasteiger partial charge in [0.25, 0.3) is 0 Å². The second-order valence-electron chi connectivity index (χ2n) is 7.89. The predicted molar refractivity (Wildman–Crippen MR) is 95.2 cm³/mol. The highest BCUT2D eigenvalue weighted by molar-refractivity contribution is 4.95. The van der Waals surface area contributed by atoms with Crippen molar-refractivity contribution in [2.24, 2.45) is 0 Å². The molecule has 3 aliphatic rings. The van der Waals surface area contributed by atoms with E-state index in [0.29, 0.717) is 0 Å². The fraction of sp³-hybridized carbons (Fsp3) is 1.00. The number of rotatable bonds is 6. The molecule has 3 aliphatic heterocycles. The highest BCUT2D eigenvalue weighted by Gasteiger charge is 2.52. The van der Waals surface area contributed by atoms with Crippen LogP contribution in [0.25, 0.3) is 0 Å². The van der Waals surface area contributed by atoms with Crippen molar-refractivity contribution in [1.29, 1.82) is 0 Å². The molecule has 15 nitrogen and oxygen atoms in total. The van der Waals surface area contributed by atoms with E-state index in [1.807, 2.05) is 0 Å². The van der Waals surface area contributed by atoms with Gasteiger partial charge in [0.1, 0.15) is 67.1 Å². The average molecular weight is 474 g/mol. The van der Waals surface area contributed by atoms with E-state index >= 15 is 0 Å². The van der Waals surface area contributed by atoms with E-state index in [1.54, 1.807) is 0 Å². The minimum atomic E-state index is -1.85. The van der Waals surface area contributed by atoms with Crippen molar-refractivity contribution >= 4 is 0 Å². The highest BCUT2D eigenvalue weighted by Crippen LogP contribution is 2.31. The lowest BCUT2D eigenvalue weighted by Crippen LogP contribution is -2.66. The Morgan fingerprint density at radius 2 is 1.12 bits per heavy atom. The van der Waals surface area contributed by atoms with Crippen molar-refractivity contribution in [3.05, 3.63) is 0 Å². The van der Waals surface area contributed by atoms with Crippen molar-refractivity contribution in [2.45, 2.75) is 86.0 Å². The number of aliphatic hydroxyl groups is 10. The fourth-order valence-corrected chi connectivity index (χ4v) is 3.77. The van der Waals surface area contributed by atoms with Gasteiger partial charge in [0.2, 0.25) is 0 Å². The maximum absolute atomic E-state index is 10.5. The molecule has 0 aromatic heterocycles. The molecular weight excluding hydrogens is 444 g/mol. The Balaban J connectivity index is 1.70. The molecule has 0 aromatic rings. The van der Waals surface area contributed by atoms with E-state index in [9.17, 15) is 51.1 Å². The molecule has 0 saturated carbocycles. The van der Waals surface area contributed by atoms with Crippen LogP contribution in [0.3, 0.4) is 0 Å². The normalized spacial score (nSPS) is 52.7. The molecule has 14 atom stereocenters. The molecule has 1 unspecified atom stereocenters. The lowest BCUT2D eigenvalue weighted by atomic mass is 9.96. The Hall–Kier alpha value is -0.600. The van der Waals surface area contributed by atoms with E-state index in [1.165, 1.54) is 0 Å². The van der Waals surface area contributed by atoms with Gasteiger partial charge in [0, 0.05) is 0 Å². The summed E-state index contributed by atoms with van der Waals surface area (Å²) in [6.07, 6.45) is -22.7. The second kappa shape index (κ2) is 10.8. The minimum absolute atomic E-state index is 0.388. The fourth-order valence-electron chi connectivity index (χ4n) is 3.77. The summed E-state index contributed by atoms with van der Waals surface area (Å²) in [6, 6.07) is 0. The summed E-state index contributed by atoms with van der Waals surface area (Å²) >= 11 is 0. The quantitative estimate of drug-likeness (QED) is 0.172. The third-order valence-corrected chi connectivity index (χ3v) is 5.70.